The second kappa shape index (κ2) is 5.64. The van der Waals surface area contributed by atoms with Gasteiger partial charge in [0.05, 0.1) is 18.0 Å². The van der Waals surface area contributed by atoms with Crippen LogP contribution in [0.1, 0.15) is 33.6 Å². The second-order valence-corrected chi connectivity index (χ2v) is 4.82. The fraction of sp³-hybridized carbons (Fsp3) is 0.800. The van der Waals surface area contributed by atoms with Gasteiger partial charge in [-0.2, -0.15) is 0 Å². The number of ether oxygens (including phenoxy) is 1. The van der Waals surface area contributed by atoms with Crippen molar-refractivity contribution in [2.75, 3.05) is 6.61 Å². The molecule has 86 valence electrons. The Morgan fingerprint density at radius 3 is 2.12 bits per heavy atom. The summed E-state index contributed by atoms with van der Waals surface area (Å²) in [7, 11) is 10.2. The molecule has 4 nitrogen and oxygen atoms in total. The minimum Gasteiger partial charge on any atom is -0.360 e. The molecule has 0 aliphatic heterocycles. The van der Waals surface area contributed by atoms with Crippen molar-refractivity contribution < 1.29 is 14.3 Å². The molecule has 0 aromatic rings. The maximum absolute atomic E-state index is 11.0. The van der Waals surface area contributed by atoms with E-state index in [4.69, 9.17) is 26.2 Å². The fourth-order valence-electron chi connectivity index (χ4n) is 0.860. The molecule has 4 radical (unpaired) electrons. The third kappa shape index (κ3) is 6.08. The Bertz CT molecular complexity index is 277. The monoisotopic (exact) mass is 221 g/mol. The van der Waals surface area contributed by atoms with Gasteiger partial charge in [-0.3, -0.25) is 0 Å². The Kier molecular flexibility index (Phi) is 5.42. The first-order valence-corrected chi connectivity index (χ1v) is 5.08. The Labute approximate surface area is 99.1 Å². The second-order valence-electron chi connectivity index (χ2n) is 4.82. The van der Waals surface area contributed by atoms with E-state index in [1.165, 1.54) is 0 Å². The summed E-state index contributed by atoms with van der Waals surface area (Å²) in [6.45, 7) is 5.07. The summed E-state index contributed by atoms with van der Waals surface area (Å²) >= 11 is 0. The van der Waals surface area contributed by atoms with Gasteiger partial charge in [-0.15, -0.1) is 0 Å². The lowest BCUT2D eigenvalue weighted by atomic mass is 9.78. The molecule has 0 aromatic heterocycles. The number of hydrogen-bond acceptors (Lipinski definition) is 4. The lowest BCUT2D eigenvalue weighted by molar-refractivity contribution is -0.128. The van der Waals surface area contributed by atoms with E-state index in [2.05, 4.69) is 0 Å². The highest BCUT2D eigenvalue weighted by molar-refractivity contribution is 6.59. The van der Waals surface area contributed by atoms with E-state index in [-0.39, 0.29) is 13.0 Å². The molecule has 0 heterocycles. The first-order valence-electron chi connectivity index (χ1n) is 5.08. The van der Waals surface area contributed by atoms with Gasteiger partial charge in [0.1, 0.15) is 5.72 Å². The predicted octanol–water partition coefficient (Wildman–Crippen LogP) is -0.125. The third-order valence-electron chi connectivity index (χ3n) is 2.30. The van der Waals surface area contributed by atoms with Crippen molar-refractivity contribution >= 4 is 27.1 Å². The molecule has 0 aromatic carbocycles. The highest BCUT2D eigenvalue weighted by atomic mass is 16.5. The molecule has 0 fully saturated rings. The lowest BCUT2D eigenvalue weighted by Crippen LogP contribution is -2.43. The molecule has 0 bridgehead atoms. The highest BCUT2D eigenvalue weighted by Crippen LogP contribution is 2.20. The van der Waals surface area contributed by atoms with Gasteiger partial charge in [-0.05, 0) is 19.8 Å². The molecular weight excluding hydrogens is 204 g/mol. The fourth-order valence-corrected chi connectivity index (χ4v) is 0.860. The molecule has 1 unspecified atom stereocenters. The topological polar surface area (TPSA) is 69.4 Å². The summed E-state index contributed by atoms with van der Waals surface area (Å²) in [5, 5.41) is 0. The molecular formula is C10H17B2NO3. The zero-order valence-corrected chi connectivity index (χ0v) is 10.1. The summed E-state index contributed by atoms with van der Waals surface area (Å²) in [4.78, 5) is 21.6. The maximum Gasteiger partial charge on any atom is 0.168 e. The van der Waals surface area contributed by atoms with E-state index >= 15 is 0 Å². The van der Waals surface area contributed by atoms with Crippen LogP contribution in [0.15, 0.2) is 0 Å². The van der Waals surface area contributed by atoms with E-state index in [1.807, 2.05) is 0 Å². The van der Waals surface area contributed by atoms with E-state index < -0.39 is 22.5 Å². The number of rotatable bonds is 7. The standard InChI is InChI=1S/C10H17B2NO3/c1-9(2,8(12)15)6-16-10(3,13)5-4-7(11)14/h4-6,13H2,1-3H3. The van der Waals surface area contributed by atoms with Crippen molar-refractivity contribution in [1.82, 2.24) is 0 Å². The summed E-state index contributed by atoms with van der Waals surface area (Å²) in [5.74, 6) is 0. The van der Waals surface area contributed by atoms with Crippen LogP contribution in [-0.4, -0.2) is 39.4 Å². The molecule has 0 spiro atoms. The van der Waals surface area contributed by atoms with Crippen LogP contribution in [0.4, 0.5) is 0 Å². The van der Waals surface area contributed by atoms with Crippen molar-refractivity contribution in [2.45, 2.75) is 39.3 Å². The predicted molar refractivity (Wildman–Crippen MR) is 63.1 cm³/mol. The number of nitrogens with two attached hydrogens (primary N) is 1. The van der Waals surface area contributed by atoms with Crippen molar-refractivity contribution in [2.24, 2.45) is 11.1 Å². The summed E-state index contributed by atoms with van der Waals surface area (Å²) < 4.78 is 5.38. The van der Waals surface area contributed by atoms with Gasteiger partial charge < -0.3 is 20.1 Å². The Hall–Kier alpha value is -0.610. The summed E-state index contributed by atoms with van der Waals surface area (Å²) in [5.41, 5.74) is 3.13. The average Bonchev–Trinajstić information content (AvgIpc) is 2.12. The van der Waals surface area contributed by atoms with Gasteiger partial charge >= 0.3 is 0 Å². The van der Waals surface area contributed by atoms with Gasteiger partial charge in [-0.1, -0.05) is 13.8 Å². The van der Waals surface area contributed by atoms with Crippen LogP contribution in [-0.2, 0) is 14.3 Å². The molecule has 0 aliphatic carbocycles. The third-order valence-corrected chi connectivity index (χ3v) is 2.30. The molecule has 0 saturated carbocycles. The number of hydrogen-bond donors (Lipinski definition) is 1. The quantitative estimate of drug-likeness (QED) is 0.480. The van der Waals surface area contributed by atoms with Crippen LogP contribution in [0.5, 0.6) is 0 Å². The maximum atomic E-state index is 11.0. The first-order chi connectivity index (χ1) is 7.07. The Balaban J connectivity index is 4.17. The van der Waals surface area contributed by atoms with Crippen molar-refractivity contribution in [3.63, 3.8) is 0 Å². The Morgan fingerprint density at radius 1 is 1.25 bits per heavy atom. The molecule has 0 amide bonds. The number of carbonyl (C=O) groups excluding carboxylic acids is 2. The van der Waals surface area contributed by atoms with Crippen LogP contribution in [0.2, 0.25) is 0 Å². The minimum atomic E-state index is -0.984. The van der Waals surface area contributed by atoms with E-state index in [9.17, 15) is 9.59 Å². The molecule has 2 N–H and O–H groups in total. The van der Waals surface area contributed by atoms with E-state index in [0.717, 1.165) is 0 Å². The van der Waals surface area contributed by atoms with Crippen molar-refractivity contribution in [1.29, 1.82) is 0 Å². The minimum absolute atomic E-state index is 0.105. The zero-order chi connectivity index (χ0) is 13.0. The molecule has 16 heavy (non-hydrogen) atoms. The SMILES string of the molecule is [B]C(=O)CCC(C)(N)OCC(C)(C)C([B])=O. The van der Waals surface area contributed by atoms with Crippen LogP contribution in [0.3, 0.4) is 0 Å². The first kappa shape index (κ1) is 15.4. The van der Waals surface area contributed by atoms with Crippen LogP contribution >= 0.6 is 0 Å². The summed E-state index contributed by atoms with van der Waals surface area (Å²) in [6.07, 6.45) is 0.446. The smallest absolute Gasteiger partial charge is 0.168 e. The largest absolute Gasteiger partial charge is 0.360 e. The number of carbonyl (C=O) groups is 2. The van der Waals surface area contributed by atoms with Crippen molar-refractivity contribution in [3.05, 3.63) is 0 Å². The highest BCUT2D eigenvalue weighted by Gasteiger charge is 2.28. The van der Waals surface area contributed by atoms with Gasteiger partial charge in [-0.25, -0.2) is 0 Å². The molecule has 0 aliphatic rings. The van der Waals surface area contributed by atoms with Gasteiger partial charge in [0, 0.05) is 5.41 Å². The lowest BCUT2D eigenvalue weighted by Gasteiger charge is -2.30. The van der Waals surface area contributed by atoms with E-state index in [1.54, 1.807) is 20.8 Å². The Morgan fingerprint density at radius 2 is 1.75 bits per heavy atom. The molecule has 0 rings (SSSR count). The molecule has 6 heteroatoms. The van der Waals surface area contributed by atoms with Gasteiger partial charge in [0.25, 0.3) is 0 Å². The average molecular weight is 221 g/mol. The summed E-state index contributed by atoms with van der Waals surface area (Å²) in [6, 6.07) is 0. The molecule has 1 atom stereocenters. The zero-order valence-electron chi connectivity index (χ0n) is 10.1. The van der Waals surface area contributed by atoms with Gasteiger partial charge in [0.2, 0.25) is 0 Å². The normalized spacial score (nSPS) is 15.5. The van der Waals surface area contributed by atoms with Crippen LogP contribution in [0.25, 0.3) is 0 Å². The van der Waals surface area contributed by atoms with E-state index in [0.29, 0.717) is 6.42 Å². The molecule has 0 saturated heterocycles. The van der Waals surface area contributed by atoms with Crippen molar-refractivity contribution in [3.8, 4) is 0 Å². The van der Waals surface area contributed by atoms with Crippen LogP contribution in [0, 0.1) is 5.41 Å². The van der Waals surface area contributed by atoms with Gasteiger partial charge in [0.15, 0.2) is 15.7 Å². The van der Waals surface area contributed by atoms with Crippen LogP contribution < -0.4 is 5.73 Å².